The lowest BCUT2D eigenvalue weighted by atomic mass is 10.1. The standard InChI is InChI=1S/C14H17ClN4O2.ClH/c15-11-2-1-9(13(20)18-5-3-10(16)8-18)7-12(11)19-6-4-17-14(19)21;/h1-2,7,10H,3-6,8,16H2,(H,17,21);1H/t10-;/m1./s1. The third-order valence-electron chi connectivity index (χ3n) is 3.85. The molecule has 0 radical (unpaired) electrons. The monoisotopic (exact) mass is 344 g/mol. The molecule has 3 rings (SSSR count). The molecular weight excluding hydrogens is 327 g/mol. The molecule has 8 heteroatoms. The van der Waals surface area contributed by atoms with E-state index in [2.05, 4.69) is 5.32 Å². The summed E-state index contributed by atoms with van der Waals surface area (Å²) in [6.07, 6.45) is 0.820. The van der Waals surface area contributed by atoms with Gasteiger partial charge in [-0.2, -0.15) is 0 Å². The van der Waals surface area contributed by atoms with E-state index in [1.165, 1.54) is 0 Å². The fourth-order valence-electron chi connectivity index (χ4n) is 2.71. The predicted molar refractivity (Wildman–Crippen MR) is 87.9 cm³/mol. The molecule has 1 aromatic rings. The minimum Gasteiger partial charge on any atom is -0.337 e. The molecule has 0 aromatic heterocycles. The Hall–Kier alpha value is -1.50. The van der Waals surface area contributed by atoms with Crippen LogP contribution >= 0.6 is 24.0 Å². The summed E-state index contributed by atoms with van der Waals surface area (Å²) in [5, 5.41) is 3.18. The van der Waals surface area contributed by atoms with E-state index in [9.17, 15) is 9.59 Å². The van der Waals surface area contributed by atoms with E-state index >= 15 is 0 Å². The van der Waals surface area contributed by atoms with Gasteiger partial charge in [-0.25, -0.2) is 4.79 Å². The number of likely N-dealkylation sites (tertiary alicyclic amines) is 1. The van der Waals surface area contributed by atoms with Crippen molar-refractivity contribution in [3.63, 3.8) is 0 Å². The van der Waals surface area contributed by atoms with Gasteiger partial charge < -0.3 is 16.0 Å². The second-order valence-corrected chi connectivity index (χ2v) is 5.76. The first kappa shape index (κ1) is 16.9. The second kappa shape index (κ2) is 6.73. The van der Waals surface area contributed by atoms with E-state index in [-0.39, 0.29) is 30.4 Å². The van der Waals surface area contributed by atoms with Crippen LogP contribution < -0.4 is 16.0 Å². The number of carbonyl (C=O) groups excluding carboxylic acids is 2. The highest BCUT2D eigenvalue weighted by Crippen LogP contribution is 2.29. The molecule has 0 bridgehead atoms. The second-order valence-electron chi connectivity index (χ2n) is 5.35. The Morgan fingerprint density at radius 1 is 1.36 bits per heavy atom. The van der Waals surface area contributed by atoms with Crippen molar-refractivity contribution in [3.8, 4) is 0 Å². The van der Waals surface area contributed by atoms with Gasteiger partial charge in [0.1, 0.15) is 0 Å². The van der Waals surface area contributed by atoms with Crippen molar-refractivity contribution in [2.45, 2.75) is 12.5 Å². The van der Waals surface area contributed by atoms with Crippen LogP contribution in [0.3, 0.4) is 0 Å². The summed E-state index contributed by atoms with van der Waals surface area (Å²) in [7, 11) is 0. The highest BCUT2D eigenvalue weighted by Gasteiger charge is 2.27. The zero-order valence-corrected chi connectivity index (χ0v) is 13.5. The Labute approximate surface area is 140 Å². The van der Waals surface area contributed by atoms with Crippen molar-refractivity contribution in [2.24, 2.45) is 5.73 Å². The Kier molecular flexibility index (Phi) is 5.16. The van der Waals surface area contributed by atoms with Gasteiger partial charge >= 0.3 is 6.03 Å². The van der Waals surface area contributed by atoms with E-state index in [1.807, 2.05) is 0 Å². The van der Waals surface area contributed by atoms with Crippen LogP contribution in [0.15, 0.2) is 18.2 Å². The number of halogens is 2. The van der Waals surface area contributed by atoms with Gasteiger partial charge in [0.15, 0.2) is 0 Å². The van der Waals surface area contributed by atoms with Gasteiger partial charge in [-0.15, -0.1) is 12.4 Å². The first-order valence-electron chi connectivity index (χ1n) is 6.96. The first-order valence-corrected chi connectivity index (χ1v) is 7.34. The molecule has 2 fully saturated rings. The summed E-state index contributed by atoms with van der Waals surface area (Å²) < 4.78 is 0. The van der Waals surface area contributed by atoms with Gasteiger partial charge in [-0.3, -0.25) is 9.69 Å². The quantitative estimate of drug-likeness (QED) is 0.852. The molecule has 0 saturated carbocycles. The van der Waals surface area contributed by atoms with Gasteiger partial charge in [0.2, 0.25) is 0 Å². The van der Waals surface area contributed by atoms with Gasteiger partial charge in [-0.05, 0) is 24.6 Å². The molecule has 3 amide bonds. The number of hydrogen-bond acceptors (Lipinski definition) is 3. The smallest absolute Gasteiger partial charge is 0.322 e. The zero-order chi connectivity index (χ0) is 15.0. The van der Waals surface area contributed by atoms with Crippen LogP contribution in [0, 0.1) is 0 Å². The number of benzene rings is 1. The number of nitrogens with zero attached hydrogens (tertiary/aromatic N) is 2. The number of nitrogens with two attached hydrogens (primary N) is 1. The van der Waals surface area contributed by atoms with Gasteiger partial charge in [-0.1, -0.05) is 11.6 Å². The Morgan fingerprint density at radius 3 is 2.73 bits per heavy atom. The molecule has 0 spiro atoms. The number of hydrogen-bond donors (Lipinski definition) is 2. The highest BCUT2D eigenvalue weighted by molar-refractivity contribution is 6.34. The van der Waals surface area contributed by atoms with E-state index in [0.717, 1.165) is 6.42 Å². The molecule has 2 aliphatic rings. The molecule has 3 N–H and O–H groups in total. The molecule has 2 aliphatic heterocycles. The van der Waals surface area contributed by atoms with Crippen molar-refractivity contribution in [1.29, 1.82) is 0 Å². The van der Waals surface area contributed by atoms with Crippen LogP contribution in [0.25, 0.3) is 0 Å². The average molecular weight is 345 g/mol. The van der Waals surface area contributed by atoms with Crippen molar-refractivity contribution < 1.29 is 9.59 Å². The third-order valence-corrected chi connectivity index (χ3v) is 4.17. The average Bonchev–Trinajstić information content (AvgIpc) is 3.07. The number of anilines is 1. The van der Waals surface area contributed by atoms with E-state index in [4.69, 9.17) is 17.3 Å². The van der Waals surface area contributed by atoms with E-state index < -0.39 is 0 Å². The Morgan fingerprint density at radius 2 is 2.14 bits per heavy atom. The largest absolute Gasteiger partial charge is 0.337 e. The van der Waals surface area contributed by atoms with Crippen LogP contribution in [0.1, 0.15) is 16.8 Å². The maximum Gasteiger partial charge on any atom is 0.322 e. The van der Waals surface area contributed by atoms with Crippen molar-refractivity contribution in [2.75, 3.05) is 31.1 Å². The number of amides is 3. The van der Waals surface area contributed by atoms with Gasteiger partial charge in [0, 0.05) is 37.8 Å². The Bertz CT molecular complexity index is 596. The fraction of sp³-hybridized carbons (Fsp3) is 0.429. The summed E-state index contributed by atoms with van der Waals surface area (Å²) in [5.41, 5.74) is 6.94. The molecule has 22 heavy (non-hydrogen) atoms. The molecule has 1 atom stereocenters. The molecule has 1 aromatic carbocycles. The van der Waals surface area contributed by atoms with Crippen molar-refractivity contribution >= 4 is 41.6 Å². The number of urea groups is 1. The Balaban J connectivity index is 0.00000176. The van der Waals surface area contributed by atoms with E-state index in [0.29, 0.717) is 42.5 Å². The number of nitrogens with one attached hydrogen (secondary N) is 1. The normalized spacial score (nSPS) is 20.8. The van der Waals surface area contributed by atoms with E-state index in [1.54, 1.807) is 28.0 Å². The van der Waals surface area contributed by atoms with Crippen LogP contribution in [0.2, 0.25) is 5.02 Å². The molecule has 0 unspecified atom stereocenters. The lowest BCUT2D eigenvalue weighted by Crippen LogP contribution is -2.32. The van der Waals surface area contributed by atoms with Crippen molar-refractivity contribution in [1.82, 2.24) is 10.2 Å². The molecule has 2 heterocycles. The summed E-state index contributed by atoms with van der Waals surface area (Å²) in [6.45, 7) is 2.36. The predicted octanol–water partition coefficient (Wildman–Crippen LogP) is 1.46. The molecule has 120 valence electrons. The van der Waals surface area contributed by atoms with Crippen LogP contribution in [-0.4, -0.2) is 49.1 Å². The maximum atomic E-state index is 12.5. The summed E-state index contributed by atoms with van der Waals surface area (Å²) in [4.78, 5) is 27.5. The summed E-state index contributed by atoms with van der Waals surface area (Å²) in [5.74, 6) is -0.0690. The zero-order valence-electron chi connectivity index (χ0n) is 11.9. The van der Waals surface area contributed by atoms with Crippen LogP contribution in [0.5, 0.6) is 0 Å². The highest BCUT2D eigenvalue weighted by atomic mass is 35.5. The number of rotatable bonds is 2. The molecule has 2 saturated heterocycles. The summed E-state index contributed by atoms with van der Waals surface area (Å²) >= 11 is 6.16. The van der Waals surface area contributed by atoms with Crippen LogP contribution in [0.4, 0.5) is 10.5 Å². The third kappa shape index (κ3) is 3.14. The SMILES string of the molecule is Cl.N[C@@H]1CCN(C(=O)c2ccc(Cl)c(N3CCNC3=O)c2)C1. The van der Waals surface area contributed by atoms with Crippen molar-refractivity contribution in [3.05, 3.63) is 28.8 Å². The molecular formula is C14H18Cl2N4O2. The lowest BCUT2D eigenvalue weighted by Gasteiger charge is -2.19. The van der Waals surface area contributed by atoms with Crippen LogP contribution in [-0.2, 0) is 0 Å². The van der Waals surface area contributed by atoms with Gasteiger partial charge in [0.25, 0.3) is 5.91 Å². The summed E-state index contributed by atoms with van der Waals surface area (Å²) in [6, 6.07) is 4.88. The molecule has 0 aliphatic carbocycles. The number of carbonyl (C=O) groups is 2. The lowest BCUT2D eigenvalue weighted by molar-refractivity contribution is 0.0791. The topological polar surface area (TPSA) is 78.7 Å². The maximum absolute atomic E-state index is 12.5. The van der Waals surface area contributed by atoms with Gasteiger partial charge in [0.05, 0.1) is 10.7 Å². The first-order chi connectivity index (χ1) is 10.1. The minimum absolute atomic E-state index is 0. The molecule has 6 nitrogen and oxygen atoms in total. The fourth-order valence-corrected chi connectivity index (χ4v) is 2.93. The minimum atomic E-state index is -0.190.